The normalized spacial score (nSPS) is 33.4. The molecule has 8 saturated carbocycles. The van der Waals surface area contributed by atoms with Crippen LogP contribution in [0.1, 0.15) is 297 Å². The highest BCUT2D eigenvalue weighted by Gasteiger charge is 2.54. The number of carbonyl (C=O) groups is 9. The minimum Gasteiger partial charge on any atom is -0.466 e. The van der Waals surface area contributed by atoms with Crippen LogP contribution < -0.4 is 26.6 Å². The Bertz CT molecular complexity index is 3850. The van der Waals surface area contributed by atoms with E-state index >= 15 is 0 Å². The number of esters is 3. The van der Waals surface area contributed by atoms with Crippen LogP contribution in [0.5, 0.6) is 0 Å². The van der Waals surface area contributed by atoms with Crippen LogP contribution in [0.15, 0.2) is 60.7 Å². The average molecular weight is 1730 g/mol. The molecule has 8 aliphatic carbocycles. The number of benzene rings is 2. The van der Waals surface area contributed by atoms with Crippen LogP contribution in [0.25, 0.3) is 0 Å². The van der Waals surface area contributed by atoms with Gasteiger partial charge in [0.05, 0.1) is 94.1 Å². The van der Waals surface area contributed by atoms with Gasteiger partial charge in [0.25, 0.3) is 0 Å². The molecular formula is C99H156N10O15. The summed E-state index contributed by atoms with van der Waals surface area (Å²) in [4.78, 5) is 110. The molecule has 5 heterocycles. The first-order valence-corrected chi connectivity index (χ1v) is 47.0. The van der Waals surface area contributed by atoms with Gasteiger partial charge in [0.2, 0.25) is 23.6 Å². The maximum Gasteiger partial charge on any atom is 0.313 e. The van der Waals surface area contributed by atoms with E-state index in [1.165, 1.54) is 56.3 Å². The monoisotopic (exact) mass is 1730 g/mol. The summed E-state index contributed by atoms with van der Waals surface area (Å²) in [6.45, 7) is 18.8. The van der Waals surface area contributed by atoms with E-state index in [2.05, 4.69) is 158 Å². The molecule has 2 aromatic rings. The number of hydrogen-bond donors (Lipinski definition) is 5. The smallest absolute Gasteiger partial charge is 0.313 e. The number of Topliss-reactive ketones (excluding diaryl/α,β-unsaturated/α-hetero) is 2. The van der Waals surface area contributed by atoms with Gasteiger partial charge in [-0.15, -0.1) is 0 Å². The number of carbonyl (C=O) groups excluding carboxylic acids is 9. The molecule has 5 aliphatic heterocycles. The number of hydrogen-bond acceptors (Lipinski definition) is 21. The average Bonchev–Trinajstić information content (AvgIpc) is 1.50. The SMILES string of the molecule is CCOC(=O)C1(CC#N)CCC(C)(OC)CC1.CCOC(=O)C1CCC(=O)CC1.CCOC(=O)C1CCC(C)(OC)CC1.CN(C)C1(C#N)CCC2(CCNC2=O)CC1.CN(C)C1(c2ccccc2)CCC2(CCNC2)CC1.CN(C)C1(c2ccccc2)CCC2(CCNC2=O)CC1.COC1(C)CCC2(CCNC2=O)CC1.O=C1CCC2(CCNC2=O)CC1. The topological polar surface area (TPSA) is 326 Å². The van der Waals surface area contributed by atoms with E-state index in [1.807, 2.05) is 25.9 Å². The fourth-order valence-electron chi connectivity index (χ4n) is 21.8. The lowest BCUT2D eigenvalue weighted by atomic mass is 9.64. The summed E-state index contributed by atoms with van der Waals surface area (Å²) in [7, 11) is 17.9. The molecule has 124 heavy (non-hydrogen) atoms. The lowest BCUT2D eigenvalue weighted by molar-refractivity contribution is -0.161. The maximum absolute atomic E-state index is 12.1. The maximum atomic E-state index is 12.1. The molecule has 0 aromatic heterocycles. The first-order valence-electron chi connectivity index (χ1n) is 47.0. The van der Waals surface area contributed by atoms with Crippen molar-refractivity contribution in [3.63, 3.8) is 0 Å². The number of ether oxygens (including phenoxy) is 6. The molecule has 13 aliphatic rings. The fraction of sp³-hybridized carbons (Fsp3) is 0.768. The van der Waals surface area contributed by atoms with E-state index in [0.29, 0.717) is 82.4 Å². The van der Waals surface area contributed by atoms with E-state index < -0.39 is 5.41 Å². The summed E-state index contributed by atoms with van der Waals surface area (Å²) < 4.78 is 31.3. The molecule has 25 nitrogen and oxygen atoms in total. The number of nitrogens with one attached hydrogen (secondary N) is 5. The third-order valence-corrected chi connectivity index (χ3v) is 32.1. The van der Waals surface area contributed by atoms with Gasteiger partial charge in [-0.2, -0.15) is 10.5 Å². The third kappa shape index (κ3) is 25.2. The van der Waals surface area contributed by atoms with E-state index in [4.69, 9.17) is 33.7 Å². The van der Waals surface area contributed by atoms with Crippen molar-refractivity contribution in [1.29, 1.82) is 10.5 Å². The molecule has 0 unspecified atom stereocenters. The standard InChI is InChI=1S/C17H24N2O.C17H26N2.C13H21NO3.C12H19N3O.C11H19NO2.C11H20O3.C9H13NO2.C9H14O3/c1-19(2)17(14-6-4-3-5-7-14)10-8-16(9-11-17)12-13-18-15(16)20;1-19(2)17(15-6-4-3-5-7-15)10-8-16(9-11-17)12-13-18-14-16;1-4-17-11(15)13(9-10-14)7-5-12(2,16-3)6-8-13;1-15(2)12(9-13)5-3-11(4-6-12)7-8-14-10(11)16;1-10(14-2)3-5-11(6-4-10)7-8-12-9(11)13;1-4-14-10(12)9-5-7-11(2,13-3)8-6-9;11-7-1-3-9(4-2-7)5-6-10-8(9)12;1-2-12-9(11)7-3-5-8(10)6-4-7/h3-7H,8-13H2,1-2H3,(H,18,20);3-7,18H,8-14H2,1-2H3;4-9H2,1-3H3;3-8H2,1-2H3,(H,14,16);3-8H2,1-2H3,(H,12,13);9H,4-8H2,1-3H3;1-6H2,(H,10,12);7H,2-6H2,1H3. The van der Waals surface area contributed by atoms with Crippen molar-refractivity contribution in [3.05, 3.63) is 71.8 Å². The molecule has 5 N–H and O–H groups in total. The minimum absolute atomic E-state index is 0.00806. The molecule has 2 aromatic carbocycles. The van der Waals surface area contributed by atoms with E-state index in [-0.39, 0.29) is 121 Å². The van der Waals surface area contributed by atoms with Crippen LogP contribution in [0.3, 0.4) is 0 Å². The Hall–Kier alpha value is -7.23. The van der Waals surface area contributed by atoms with E-state index in [1.54, 1.807) is 35.2 Å². The Morgan fingerprint density at radius 3 is 1.07 bits per heavy atom. The second-order valence-electron chi connectivity index (χ2n) is 39.6. The lowest BCUT2D eigenvalue weighted by Crippen LogP contribution is -2.49. The van der Waals surface area contributed by atoms with Gasteiger partial charge >= 0.3 is 17.9 Å². The highest BCUT2D eigenvalue weighted by atomic mass is 16.5. The van der Waals surface area contributed by atoms with Gasteiger partial charge in [-0.3, -0.25) is 57.9 Å². The van der Waals surface area contributed by atoms with E-state index in [9.17, 15) is 48.4 Å². The first kappa shape index (κ1) is 102. The molecule has 0 radical (unpaired) electrons. The van der Waals surface area contributed by atoms with Crippen LogP contribution in [0, 0.1) is 67.0 Å². The molecule has 13 fully saturated rings. The summed E-state index contributed by atoms with van der Waals surface area (Å²) in [5.74, 6) is 1.22. The highest BCUT2D eigenvalue weighted by molar-refractivity contribution is 5.89. The molecule has 15 rings (SSSR count). The highest BCUT2D eigenvalue weighted by Crippen LogP contribution is 2.54. The van der Waals surface area contributed by atoms with Gasteiger partial charge in [-0.25, -0.2) is 0 Å². The predicted molar refractivity (Wildman–Crippen MR) is 479 cm³/mol. The summed E-state index contributed by atoms with van der Waals surface area (Å²) in [6.07, 6.45) is 34.2. The van der Waals surface area contributed by atoms with Gasteiger partial charge in [0.15, 0.2) is 0 Å². The van der Waals surface area contributed by atoms with Crippen molar-refractivity contribution in [3.8, 4) is 12.1 Å². The van der Waals surface area contributed by atoms with Crippen LogP contribution in [0.2, 0.25) is 0 Å². The van der Waals surface area contributed by atoms with Crippen LogP contribution in [0.4, 0.5) is 0 Å². The zero-order valence-corrected chi connectivity index (χ0v) is 78.5. The molecule has 5 saturated heterocycles. The van der Waals surface area contributed by atoms with Gasteiger partial charge < -0.3 is 55.0 Å². The molecule has 0 atom stereocenters. The van der Waals surface area contributed by atoms with Crippen molar-refractivity contribution < 1.29 is 71.6 Å². The Morgan fingerprint density at radius 1 is 0.395 bits per heavy atom. The van der Waals surface area contributed by atoms with Crippen LogP contribution in [-0.2, 0) is 82.6 Å². The van der Waals surface area contributed by atoms with Crippen molar-refractivity contribution in [2.75, 3.05) is 123 Å². The van der Waals surface area contributed by atoms with Crippen LogP contribution >= 0.6 is 0 Å². The number of rotatable bonds is 15. The molecular weight excluding hydrogens is 1570 g/mol. The zero-order valence-electron chi connectivity index (χ0n) is 78.5. The predicted octanol–water partition coefficient (Wildman–Crippen LogP) is 14.4. The quantitative estimate of drug-likeness (QED) is 0.0817. The molecule has 0 bridgehead atoms. The fourth-order valence-corrected chi connectivity index (χ4v) is 21.8. The molecule has 5 spiro atoms. The summed E-state index contributed by atoms with van der Waals surface area (Å²) in [6, 6.07) is 26.4. The Labute approximate surface area is 742 Å². The summed E-state index contributed by atoms with van der Waals surface area (Å²) >= 11 is 0. The number of nitriles is 2. The Morgan fingerprint density at radius 2 is 0.742 bits per heavy atom. The lowest BCUT2D eigenvalue weighted by Gasteiger charge is -2.49. The number of ketones is 2. The van der Waals surface area contributed by atoms with Gasteiger partial charge in [0, 0.05) is 90.8 Å². The van der Waals surface area contributed by atoms with Gasteiger partial charge in [-0.05, 0) is 319 Å². The summed E-state index contributed by atoms with van der Waals surface area (Å²) in [5, 5.41) is 33.5. The summed E-state index contributed by atoms with van der Waals surface area (Å²) in [5.41, 5.74) is 2.27. The molecule has 25 heteroatoms. The van der Waals surface area contributed by atoms with Crippen molar-refractivity contribution in [1.82, 2.24) is 41.3 Å². The molecule has 4 amide bonds. The largest absolute Gasteiger partial charge is 0.466 e. The van der Waals surface area contributed by atoms with E-state index in [0.717, 1.165) is 180 Å². The Balaban J connectivity index is 0.000000177. The first-order chi connectivity index (χ1) is 59.0. The zero-order chi connectivity index (χ0) is 90.7. The number of methoxy groups -OCH3 is 3. The van der Waals surface area contributed by atoms with Gasteiger partial charge in [-0.1, -0.05) is 60.7 Å². The third-order valence-electron chi connectivity index (χ3n) is 32.1. The molecule has 692 valence electrons. The second-order valence-corrected chi connectivity index (χ2v) is 39.6. The van der Waals surface area contributed by atoms with Crippen molar-refractivity contribution >= 4 is 53.1 Å². The van der Waals surface area contributed by atoms with Crippen LogP contribution in [-0.4, -0.2) is 213 Å². The van der Waals surface area contributed by atoms with Gasteiger partial charge in [0.1, 0.15) is 17.1 Å². The van der Waals surface area contributed by atoms with Crippen molar-refractivity contribution in [2.24, 2.45) is 44.3 Å². The van der Waals surface area contributed by atoms with Crippen molar-refractivity contribution in [2.45, 2.75) is 319 Å². The second kappa shape index (κ2) is 45.7. The number of amides is 4. The minimum atomic E-state index is -0.608. The Kier molecular flexibility index (Phi) is 37.6. The number of nitrogens with zero attached hydrogens (tertiary/aromatic N) is 5.